The van der Waals surface area contributed by atoms with E-state index in [-0.39, 0.29) is 12.4 Å². The smallest absolute Gasteiger partial charge is 0.137 e. The molecule has 0 aliphatic heterocycles. The van der Waals surface area contributed by atoms with Gasteiger partial charge in [0.05, 0.1) is 11.1 Å². The van der Waals surface area contributed by atoms with E-state index in [1.54, 1.807) is 12.1 Å². The van der Waals surface area contributed by atoms with Gasteiger partial charge in [0, 0.05) is 0 Å². The summed E-state index contributed by atoms with van der Waals surface area (Å²) in [7, 11) is 0. The van der Waals surface area contributed by atoms with E-state index in [2.05, 4.69) is 15.9 Å². The van der Waals surface area contributed by atoms with E-state index in [1.165, 1.54) is 25.3 Å². The third kappa shape index (κ3) is 3.42. The van der Waals surface area contributed by atoms with Crippen LogP contribution in [0.5, 0.6) is 0 Å². The molecule has 1 aliphatic carbocycles. The van der Waals surface area contributed by atoms with Crippen molar-refractivity contribution in [1.82, 2.24) is 0 Å². The summed E-state index contributed by atoms with van der Waals surface area (Å²) in [6, 6.07) is 4.96. The Morgan fingerprint density at radius 1 is 1.33 bits per heavy atom. The molecule has 0 radical (unpaired) electrons. The highest BCUT2D eigenvalue weighted by Gasteiger charge is 2.17. The molecule has 18 heavy (non-hydrogen) atoms. The molecule has 0 amide bonds. The van der Waals surface area contributed by atoms with Crippen LogP contribution in [0, 0.1) is 11.7 Å². The molecule has 0 unspecified atom stereocenters. The Balaban J connectivity index is 2.19. The second-order valence-corrected chi connectivity index (χ2v) is 5.74. The van der Waals surface area contributed by atoms with Crippen molar-refractivity contribution in [1.29, 1.82) is 0 Å². The van der Waals surface area contributed by atoms with Crippen LogP contribution >= 0.6 is 15.9 Å². The van der Waals surface area contributed by atoms with Crippen molar-refractivity contribution in [2.75, 3.05) is 6.61 Å². The molecule has 98 valence electrons. The zero-order chi connectivity index (χ0) is 13.0. The van der Waals surface area contributed by atoms with Gasteiger partial charge >= 0.3 is 0 Å². The molecule has 3 heteroatoms. The second-order valence-electron chi connectivity index (χ2n) is 4.89. The molecule has 0 bridgehead atoms. The maximum atomic E-state index is 13.2. The molecule has 0 spiro atoms. The van der Waals surface area contributed by atoms with Crippen molar-refractivity contribution >= 4 is 22.0 Å². The first kappa shape index (κ1) is 13.8. The van der Waals surface area contributed by atoms with E-state index in [1.807, 2.05) is 6.08 Å². The first-order chi connectivity index (χ1) is 8.70. The van der Waals surface area contributed by atoms with Gasteiger partial charge in [0.25, 0.3) is 0 Å². The fourth-order valence-corrected chi connectivity index (χ4v) is 2.98. The Labute approximate surface area is 116 Å². The molecule has 1 saturated carbocycles. The predicted octanol–water partition coefficient (Wildman–Crippen LogP) is 4.54. The van der Waals surface area contributed by atoms with Crippen LogP contribution in [0.1, 0.15) is 37.7 Å². The summed E-state index contributed by atoms with van der Waals surface area (Å²) in [4.78, 5) is 0. The van der Waals surface area contributed by atoms with E-state index in [4.69, 9.17) is 0 Å². The van der Waals surface area contributed by atoms with E-state index >= 15 is 0 Å². The molecule has 2 rings (SSSR count). The molecular formula is C15H18BrFO. The standard InChI is InChI=1S/C15H18BrFO/c16-14-9-11(6-7-15(14)17)8-13(10-18)12-4-2-1-3-5-12/h6-9,12,18H,1-5,10H2. The lowest BCUT2D eigenvalue weighted by Gasteiger charge is -2.23. The summed E-state index contributed by atoms with van der Waals surface area (Å²) in [6.07, 6.45) is 8.12. The average molecular weight is 313 g/mol. The quantitative estimate of drug-likeness (QED) is 0.868. The summed E-state index contributed by atoms with van der Waals surface area (Å²) in [5.41, 5.74) is 2.02. The molecule has 0 aromatic heterocycles. The first-order valence-electron chi connectivity index (χ1n) is 6.47. The second kappa shape index (κ2) is 6.48. The van der Waals surface area contributed by atoms with Crippen molar-refractivity contribution in [2.45, 2.75) is 32.1 Å². The lowest BCUT2D eigenvalue weighted by atomic mass is 9.83. The summed E-state index contributed by atoms with van der Waals surface area (Å²) in [6.45, 7) is 0.0969. The monoisotopic (exact) mass is 312 g/mol. The molecular weight excluding hydrogens is 295 g/mol. The van der Waals surface area contributed by atoms with Crippen molar-refractivity contribution in [3.05, 3.63) is 39.6 Å². The predicted molar refractivity (Wildman–Crippen MR) is 75.7 cm³/mol. The molecule has 1 nitrogen and oxygen atoms in total. The van der Waals surface area contributed by atoms with Crippen molar-refractivity contribution in [3.8, 4) is 0 Å². The number of hydrogen-bond acceptors (Lipinski definition) is 1. The van der Waals surface area contributed by atoms with Gasteiger partial charge in [-0.15, -0.1) is 0 Å². The minimum absolute atomic E-state index is 0.0969. The van der Waals surface area contributed by atoms with Crippen LogP contribution in [0.3, 0.4) is 0 Å². The molecule has 0 saturated heterocycles. The largest absolute Gasteiger partial charge is 0.392 e. The van der Waals surface area contributed by atoms with Crippen molar-refractivity contribution in [3.63, 3.8) is 0 Å². The van der Waals surface area contributed by atoms with Gasteiger partial charge in [0.15, 0.2) is 0 Å². The zero-order valence-corrected chi connectivity index (χ0v) is 11.9. The SMILES string of the molecule is OCC(=Cc1ccc(F)c(Br)c1)C1CCCCC1. The van der Waals surface area contributed by atoms with E-state index < -0.39 is 0 Å². The topological polar surface area (TPSA) is 20.2 Å². The molecule has 1 aliphatic rings. The fraction of sp³-hybridized carbons (Fsp3) is 0.467. The van der Waals surface area contributed by atoms with Crippen LogP contribution in [0.2, 0.25) is 0 Å². The summed E-state index contributed by atoms with van der Waals surface area (Å²) < 4.78 is 13.6. The Morgan fingerprint density at radius 3 is 2.67 bits per heavy atom. The minimum atomic E-state index is -0.254. The van der Waals surface area contributed by atoms with Crippen molar-refractivity contribution < 1.29 is 9.50 Å². The molecule has 1 aromatic rings. The lowest BCUT2D eigenvalue weighted by Crippen LogP contribution is -2.11. The number of hydrogen-bond donors (Lipinski definition) is 1. The average Bonchev–Trinajstić information content (AvgIpc) is 2.41. The fourth-order valence-electron chi connectivity index (χ4n) is 2.58. The number of halogens is 2. The van der Waals surface area contributed by atoms with Gasteiger partial charge in [-0.1, -0.05) is 31.4 Å². The normalized spacial score (nSPS) is 18.1. The van der Waals surface area contributed by atoms with Crippen LogP contribution in [-0.4, -0.2) is 11.7 Å². The summed E-state index contributed by atoms with van der Waals surface area (Å²) in [5, 5.41) is 9.51. The highest BCUT2D eigenvalue weighted by Crippen LogP contribution is 2.31. The third-order valence-electron chi connectivity index (χ3n) is 3.61. The number of aliphatic hydroxyl groups is 1. The van der Waals surface area contributed by atoms with E-state index in [9.17, 15) is 9.50 Å². The number of aliphatic hydroxyl groups excluding tert-OH is 1. The highest BCUT2D eigenvalue weighted by molar-refractivity contribution is 9.10. The molecule has 1 aromatic carbocycles. The Bertz CT molecular complexity index is 436. The van der Waals surface area contributed by atoms with Gasteiger partial charge in [-0.3, -0.25) is 0 Å². The highest BCUT2D eigenvalue weighted by atomic mass is 79.9. The molecule has 0 heterocycles. The minimum Gasteiger partial charge on any atom is -0.392 e. The van der Waals surface area contributed by atoms with Gasteiger partial charge in [0.2, 0.25) is 0 Å². The van der Waals surface area contributed by atoms with Crippen molar-refractivity contribution in [2.24, 2.45) is 5.92 Å². The maximum Gasteiger partial charge on any atom is 0.137 e. The zero-order valence-electron chi connectivity index (χ0n) is 10.3. The molecule has 0 atom stereocenters. The summed E-state index contributed by atoms with van der Waals surface area (Å²) >= 11 is 3.19. The van der Waals surface area contributed by atoms with Crippen LogP contribution in [0.15, 0.2) is 28.2 Å². The van der Waals surface area contributed by atoms with E-state index in [0.29, 0.717) is 10.4 Å². The van der Waals surface area contributed by atoms with Gasteiger partial charge < -0.3 is 5.11 Å². The molecule has 1 N–H and O–H groups in total. The summed E-state index contributed by atoms with van der Waals surface area (Å²) in [5.74, 6) is 0.239. The van der Waals surface area contributed by atoms with Crippen LogP contribution in [0.4, 0.5) is 4.39 Å². The van der Waals surface area contributed by atoms with Crippen LogP contribution < -0.4 is 0 Å². The van der Waals surface area contributed by atoms with Crippen LogP contribution in [0.25, 0.3) is 6.08 Å². The van der Waals surface area contributed by atoms with Gasteiger partial charge in [-0.25, -0.2) is 4.39 Å². The number of benzene rings is 1. The van der Waals surface area contributed by atoms with Gasteiger partial charge in [-0.2, -0.15) is 0 Å². The van der Waals surface area contributed by atoms with Gasteiger partial charge in [-0.05, 0) is 58.0 Å². The first-order valence-corrected chi connectivity index (χ1v) is 7.26. The van der Waals surface area contributed by atoms with E-state index in [0.717, 1.165) is 24.0 Å². The Hall–Kier alpha value is -0.670. The lowest BCUT2D eigenvalue weighted by molar-refractivity contribution is 0.295. The van der Waals surface area contributed by atoms with Gasteiger partial charge in [0.1, 0.15) is 5.82 Å². The Kier molecular flexibility index (Phi) is 4.95. The molecule has 1 fully saturated rings. The maximum absolute atomic E-state index is 13.2. The Morgan fingerprint density at radius 2 is 2.06 bits per heavy atom. The van der Waals surface area contributed by atoms with Crippen LogP contribution in [-0.2, 0) is 0 Å². The third-order valence-corrected chi connectivity index (χ3v) is 4.22. The number of rotatable bonds is 3.